The maximum atomic E-state index is 12.8. The van der Waals surface area contributed by atoms with Gasteiger partial charge in [0.2, 0.25) is 0 Å². The van der Waals surface area contributed by atoms with E-state index in [4.69, 9.17) is 0 Å². The Morgan fingerprint density at radius 1 is 1.05 bits per heavy atom. The van der Waals surface area contributed by atoms with Crippen LogP contribution in [-0.2, 0) is 0 Å². The molecule has 1 N–H and O–H groups in total. The third-order valence-corrected chi connectivity index (χ3v) is 4.41. The first kappa shape index (κ1) is 12.5. The molecule has 21 heavy (non-hydrogen) atoms. The zero-order valence-corrected chi connectivity index (χ0v) is 12.1. The van der Waals surface area contributed by atoms with Gasteiger partial charge in [-0.1, -0.05) is 17.7 Å². The molecule has 0 spiro atoms. The van der Waals surface area contributed by atoms with E-state index >= 15 is 0 Å². The normalized spacial score (nSPS) is 15.2. The monoisotopic (exact) mass is 278 g/mol. The number of benzene rings is 2. The zero-order valence-electron chi connectivity index (χ0n) is 12.1. The van der Waals surface area contributed by atoms with E-state index in [1.165, 1.54) is 12.8 Å². The van der Waals surface area contributed by atoms with Gasteiger partial charge in [0.15, 0.2) is 5.43 Å². The average molecular weight is 278 g/mol. The first-order valence-electron chi connectivity index (χ1n) is 7.54. The van der Waals surface area contributed by atoms with Crippen LogP contribution in [-0.4, -0.2) is 18.1 Å². The lowest BCUT2D eigenvalue weighted by molar-refractivity contribution is 0.949. The van der Waals surface area contributed by atoms with Gasteiger partial charge in [0.05, 0.1) is 11.2 Å². The van der Waals surface area contributed by atoms with Gasteiger partial charge >= 0.3 is 0 Å². The summed E-state index contributed by atoms with van der Waals surface area (Å²) in [4.78, 5) is 18.6. The van der Waals surface area contributed by atoms with Crippen molar-refractivity contribution < 1.29 is 0 Å². The Morgan fingerprint density at radius 2 is 1.86 bits per heavy atom. The number of nitrogens with one attached hydrogen (secondary N) is 1. The van der Waals surface area contributed by atoms with Crippen molar-refractivity contribution in [2.24, 2.45) is 0 Å². The second kappa shape index (κ2) is 4.62. The van der Waals surface area contributed by atoms with Gasteiger partial charge in [-0.2, -0.15) is 0 Å². The molecule has 106 valence electrons. The van der Waals surface area contributed by atoms with E-state index in [0.29, 0.717) is 0 Å². The molecule has 1 aliphatic rings. The number of pyridine rings is 1. The molecule has 0 aliphatic carbocycles. The Labute approximate surface area is 123 Å². The molecule has 2 aromatic carbocycles. The third-order valence-electron chi connectivity index (χ3n) is 4.41. The first-order valence-corrected chi connectivity index (χ1v) is 7.54. The van der Waals surface area contributed by atoms with Crippen LogP contribution in [0.25, 0.3) is 21.8 Å². The van der Waals surface area contributed by atoms with Crippen LogP contribution in [0.3, 0.4) is 0 Å². The topological polar surface area (TPSA) is 36.1 Å². The summed E-state index contributed by atoms with van der Waals surface area (Å²) in [5, 5.41) is 1.57. The van der Waals surface area contributed by atoms with Crippen molar-refractivity contribution >= 4 is 27.5 Å². The van der Waals surface area contributed by atoms with Gasteiger partial charge in [-0.3, -0.25) is 4.79 Å². The molecule has 1 saturated heterocycles. The lowest BCUT2D eigenvalue weighted by Crippen LogP contribution is -2.19. The summed E-state index contributed by atoms with van der Waals surface area (Å²) in [5.74, 6) is 0. The maximum Gasteiger partial charge on any atom is 0.197 e. The lowest BCUT2D eigenvalue weighted by Gasteiger charge is -2.19. The molecule has 0 atom stereocenters. The minimum atomic E-state index is 0.128. The Kier molecular flexibility index (Phi) is 2.74. The fraction of sp³-hybridized carbons (Fsp3) is 0.278. The third kappa shape index (κ3) is 1.92. The van der Waals surface area contributed by atoms with E-state index in [1.807, 2.05) is 37.3 Å². The molecule has 0 radical (unpaired) electrons. The van der Waals surface area contributed by atoms with Crippen molar-refractivity contribution in [2.75, 3.05) is 18.0 Å². The number of aromatic amines is 1. The van der Waals surface area contributed by atoms with Crippen LogP contribution in [0.1, 0.15) is 18.4 Å². The van der Waals surface area contributed by atoms with Gasteiger partial charge in [0.1, 0.15) is 0 Å². The van der Waals surface area contributed by atoms with Crippen LogP contribution in [0.5, 0.6) is 0 Å². The second-order valence-corrected chi connectivity index (χ2v) is 5.90. The van der Waals surface area contributed by atoms with Gasteiger partial charge < -0.3 is 9.88 Å². The van der Waals surface area contributed by atoms with E-state index in [1.54, 1.807) is 0 Å². The van der Waals surface area contributed by atoms with Crippen LogP contribution >= 0.6 is 0 Å². The van der Waals surface area contributed by atoms with Crippen molar-refractivity contribution in [3.63, 3.8) is 0 Å². The Morgan fingerprint density at radius 3 is 2.67 bits per heavy atom. The molecular weight excluding hydrogens is 260 g/mol. The highest BCUT2D eigenvalue weighted by Gasteiger charge is 2.16. The van der Waals surface area contributed by atoms with Crippen LogP contribution < -0.4 is 10.3 Å². The molecule has 3 heteroatoms. The SMILES string of the molecule is Cc1ccc2[nH]c3c(N4CCCC4)cccc3c(=O)c2c1. The summed E-state index contributed by atoms with van der Waals surface area (Å²) in [5.41, 5.74) is 4.29. The van der Waals surface area contributed by atoms with Crippen LogP contribution in [0.15, 0.2) is 41.2 Å². The smallest absolute Gasteiger partial charge is 0.197 e. The summed E-state index contributed by atoms with van der Waals surface area (Å²) < 4.78 is 0. The van der Waals surface area contributed by atoms with E-state index in [2.05, 4.69) is 16.0 Å². The molecule has 3 aromatic rings. The summed E-state index contributed by atoms with van der Waals surface area (Å²) in [6, 6.07) is 12.1. The molecule has 1 aliphatic heterocycles. The van der Waals surface area contributed by atoms with Gasteiger partial charge in [0, 0.05) is 29.4 Å². The molecule has 3 nitrogen and oxygen atoms in total. The van der Waals surface area contributed by atoms with Gasteiger partial charge in [0.25, 0.3) is 0 Å². The summed E-state index contributed by atoms with van der Waals surface area (Å²) in [6.45, 7) is 4.17. The van der Waals surface area contributed by atoms with Gasteiger partial charge in [-0.25, -0.2) is 0 Å². The highest BCUT2D eigenvalue weighted by molar-refractivity contribution is 5.98. The fourth-order valence-corrected chi connectivity index (χ4v) is 3.32. The standard InChI is InChI=1S/C18H18N2O/c1-12-7-8-15-14(11-12)18(21)13-5-4-6-16(17(13)19-15)20-9-2-3-10-20/h4-8,11H,2-3,9-10H2,1H3,(H,19,21). The Balaban J connectivity index is 2.08. The number of anilines is 1. The minimum Gasteiger partial charge on any atom is -0.370 e. The van der Waals surface area contributed by atoms with Crippen molar-refractivity contribution in [1.29, 1.82) is 0 Å². The number of hydrogen-bond donors (Lipinski definition) is 1. The zero-order chi connectivity index (χ0) is 14.4. The van der Waals surface area contributed by atoms with Crippen LogP contribution in [0, 0.1) is 6.92 Å². The molecule has 0 amide bonds. The number of para-hydroxylation sites is 1. The van der Waals surface area contributed by atoms with E-state index < -0.39 is 0 Å². The van der Waals surface area contributed by atoms with Crippen molar-refractivity contribution in [3.8, 4) is 0 Å². The first-order chi connectivity index (χ1) is 10.2. The second-order valence-electron chi connectivity index (χ2n) is 5.90. The molecule has 1 fully saturated rings. The van der Waals surface area contributed by atoms with Crippen molar-refractivity contribution in [3.05, 3.63) is 52.2 Å². The van der Waals surface area contributed by atoms with E-state index in [9.17, 15) is 4.79 Å². The number of H-pyrrole nitrogens is 1. The summed E-state index contributed by atoms with van der Waals surface area (Å²) in [7, 11) is 0. The average Bonchev–Trinajstić information content (AvgIpc) is 3.02. The number of aromatic nitrogens is 1. The van der Waals surface area contributed by atoms with Crippen molar-refractivity contribution in [1.82, 2.24) is 4.98 Å². The minimum absolute atomic E-state index is 0.128. The van der Waals surface area contributed by atoms with E-state index in [0.717, 1.165) is 46.1 Å². The van der Waals surface area contributed by atoms with Crippen LogP contribution in [0.4, 0.5) is 5.69 Å². The molecule has 4 rings (SSSR count). The number of hydrogen-bond acceptors (Lipinski definition) is 2. The fourth-order valence-electron chi connectivity index (χ4n) is 3.32. The maximum absolute atomic E-state index is 12.8. The quantitative estimate of drug-likeness (QED) is 0.691. The number of rotatable bonds is 1. The molecular formula is C18H18N2O. The predicted molar refractivity (Wildman–Crippen MR) is 88.3 cm³/mol. The Bertz CT molecular complexity index is 889. The number of nitrogens with zero attached hydrogens (tertiary/aromatic N) is 1. The molecule has 2 heterocycles. The summed E-state index contributed by atoms with van der Waals surface area (Å²) in [6.07, 6.45) is 2.46. The van der Waals surface area contributed by atoms with Gasteiger partial charge in [-0.15, -0.1) is 0 Å². The molecule has 1 aromatic heterocycles. The molecule has 0 bridgehead atoms. The number of aryl methyl sites for hydroxylation is 1. The predicted octanol–water partition coefficient (Wildman–Crippen LogP) is 3.59. The van der Waals surface area contributed by atoms with Crippen LogP contribution in [0.2, 0.25) is 0 Å². The lowest BCUT2D eigenvalue weighted by atomic mass is 10.1. The summed E-state index contributed by atoms with van der Waals surface area (Å²) >= 11 is 0. The van der Waals surface area contributed by atoms with Crippen molar-refractivity contribution in [2.45, 2.75) is 19.8 Å². The molecule has 0 unspecified atom stereocenters. The number of fused-ring (bicyclic) bond motifs is 2. The van der Waals surface area contributed by atoms with Gasteiger partial charge in [-0.05, 0) is 44.0 Å². The molecule has 0 saturated carbocycles. The highest BCUT2D eigenvalue weighted by atomic mass is 16.1. The highest BCUT2D eigenvalue weighted by Crippen LogP contribution is 2.28. The Hall–Kier alpha value is -2.29. The van der Waals surface area contributed by atoms with E-state index in [-0.39, 0.29) is 5.43 Å². The largest absolute Gasteiger partial charge is 0.370 e.